The molecule has 0 radical (unpaired) electrons. The van der Waals surface area contributed by atoms with E-state index in [1.807, 2.05) is 13.8 Å². The molecule has 0 aliphatic carbocycles. The third kappa shape index (κ3) is 3.55. The van der Waals surface area contributed by atoms with E-state index >= 15 is 0 Å². The Kier molecular flexibility index (Phi) is 4.52. The number of hydrogen-bond acceptors (Lipinski definition) is 5. The molecule has 0 aliphatic rings. The lowest BCUT2D eigenvalue weighted by Crippen LogP contribution is -2.01. The molecule has 0 spiro atoms. The van der Waals surface area contributed by atoms with Crippen LogP contribution in [0.25, 0.3) is 0 Å². The Morgan fingerprint density at radius 2 is 2.05 bits per heavy atom. The number of benzene rings is 1. The maximum atomic E-state index is 11.2. The monoisotopic (exact) mass is 351 g/mol. The molecule has 0 fully saturated rings. The van der Waals surface area contributed by atoms with Crippen LogP contribution in [0, 0.1) is 17.0 Å². The fraction of sp³-hybridized carbons (Fsp3) is 0.286. The van der Waals surface area contributed by atoms with Crippen LogP contribution in [0.1, 0.15) is 31.2 Å². The van der Waals surface area contributed by atoms with Crippen LogP contribution in [0.2, 0.25) is 0 Å². The fourth-order valence-corrected chi connectivity index (χ4v) is 2.16. The summed E-state index contributed by atoms with van der Waals surface area (Å²) in [6.45, 7) is 5.59. The molecule has 2 aromatic rings. The van der Waals surface area contributed by atoms with E-state index in [2.05, 4.69) is 25.9 Å². The Morgan fingerprint density at radius 1 is 1.33 bits per heavy atom. The number of nitrogens with zero attached hydrogens (tertiary/aromatic N) is 3. The minimum Gasteiger partial charge on any atom is -0.432 e. The molecule has 0 atom stereocenters. The second-order valence-corrected chi connectivity index (χ2v) is 5.64. The van der Waals surface area contributed by atoms with Crippen LogP contribution < -0.4 is 4.74 Å². The van der Waals surface area contributed by atoms with Gasteiger partial charge in [0.1, 0.15) is 10.4 Å². The van der Waals surface area contributed by atoms with Gasteiger partial charge in [-0.05, 0) is 28.9 Å². The largest absolute Gasteiger partial charge is 0.432 e. The van der Waals surface area contributed by atoms with E-state index in [0.29, 0.717) is 16.0 Å². The lowest BCUT2D eigenvalue weighted by Gasteiger charge is -2.10. The first kappa shape index (κ1) is 15.4. The van der Waals surface area contributed by atoms with E-state index in [9.17, 15) is 10.1 Å². The Morgan fingerprint density at radius 3 is 2.67 bits per heavy atom. The third-order valence-corrected chi connectivity index (χ3v) is 3.21. The van der Waals surface area contributed by atoms with Crippen LogP contribution in [0.5, 0.6) is 11.6 Å². The number of ether oxygens (including phenoxy) is 1. The van der Waals surface area contributed by atoms with Crippen molar-refractivity contribution >= 4 is 21.6 Å². The summed E-state index contributed by atoms with van der Waals surface area (Å²) in [7, 11) is 0. The van der Waals surface area contributed by atoms with Crippen LogP contribution in [0.3, 0.4) is 0 Å². The number of rotatable bonds is 4. The highest BCUT2D eigenvalue weighted by Crippen LogP contribution is 2.34. The third-order valence-electron chi connectivity index (χ3n) is 2.80. The van der Waals surface area contributed by atoms with Crippen molar-refractivity contribution in [3.63, 3.8) is 0 Å². The van der Waals surface area contributed by atoms with Crippen LogP contribution in [0.15, 0.2) is 28.9 Å². The van der Waals surface area contributed by atoms with E-state index in [-0.39, 0.29) is 23.2 Å². The molecule has 110 valence electrons. The van der Waals surface area contributed by atoms with Gasteiger partial charge in [0, 0.05) is 17.5 Å². The van der Waals surface area contributed by atoms with Crippen LogP contribution >= 0.6 is 15.9 Å². The zero-order valence-electron chi connectivity index (χ0n) is 11.8. The molecule has 21 heavy (non-hydrogen) atoms. The van der Waals surface area contributed by atoms with Crippen molar-refractivity contribution in [2.24, 2.45) is 0 Å². The van der Waals surface area contributed by atoms with Gasteiger partial charge in [-0.3, -0.25) is 10.1 Å². The topological polar surface area (TPSA) is 78.2 Å². The van der Waals surface area contributed by atoms with Gasteiger partial charge in [-0.2, -0.15) is 4.98 Å². The van der Waals surface area contributed by atoms with E-state index in [0.717, 1.165) is 0 Å². The Balaban J connectivity index is 2.43. The number of nitro groups is 1. The Labute approximate surface area is 130 Å². The fourth-order valence-electron chi connectivity index (χ4n) is 1.79. The summed E-state index contributed by atoms with van der Waals surface area (Å²) in [6, 6.07) is 6.51. The summed E-state index contributed by atoms with van der Waals surface area (Å²) in [6.07, 6.45) is 0. The van der Waals surface area contributed by atoms with Gasteiger partial charge in [-0.15, -0.1) is 0 Å². The molecular weight excluding hydrogens is 338 g/mol. The zero-order chi connectivity index (χ0) is 15.6. The normalized spacial score (nSPS) is 10.7. The molecule has 7 heteroatoms. The van der Waals surface area contributed by atoms with Crippen molar-refractivity contribution in [3.8, 4) is 11.6 Å². The first-order chi connectivity index (χ1) is 9.88. The van der Waals surface area contributed by atoms with Crippen molar-refractivity contribution in [2.45, 2.75) is 26.7 Å². The van der Waals surface area contributed by atoms with E-state index in [1.165, 1.54) is 0 Å². The lowest BCUT2D eigenvalue weighted by atomic mass is 10.2. The van der Waals surface area contributed by atoms with Crippen molar-refractivity contribution in [1.82, 2.24) is 9.97 Å². The maximum absolute atomic E-state index is 11.2. The van der Waals surface area contributed by atoms with Crippen LogP contribution in [-0.4, -0.2) is 14.9 Å². The summed E-state index contributed by atoms with van der Waals surface area (Å²) < 4.78 is 6.18. The second-order valence-electron chi connectivity index (χ2n) is 4.82. The highest BCUT2D eigenvalue weighted by molar-refractivity contribution is 9.10. The molecule has 1 aromatic heterocycles. The number of halogens is 1. The number of nitro benzene ring substituents is 1. The summed E-state index contributed by atoms with van der Waals surface area (Å²) in [5, 5.41) is 11.2. The number of para-hydroxylation sites is 1. The molecular formula is C14H14BrN3O3. The van der Waals surface area contributed by atoms with Gasteiger partial charge in [-0.1, -0.05) is 26.0 Å². The first-order valence-corrected chi connectivity index (χ1v) is 7.14. The highest BCUT2D eigenvalue weighted by Gasteiger charge is 2.19. The van der Waals surface area contributed by atoms with Crippen LogP contribution in [0.4, 0.5) is 5.69 Å². The van der Waals surface area contributed by atoms with Gasteiger partial charge < -0.3 is 4.74 Å². The van der Waals surface area contributed by atoms with E-state index in [1.54, 1.807) is 31.2 Å². The number of aryl methyl sites for hydroxylation is 1. The highest BCUT2D eigenvalue weighted by atomic mass is 79.9. The van der Waals surface area contributed by atoms with E-state index < -0.39 is 4.92 Å². The minimum absolute atomic E-state index is 0.0571. The number of hydrogen-bond donors (Lipinski definition) is 0. The predicted octanol–water partition coefficient (Wildman–Crippen LogP) is 4.37. The molecule has 0 saturated heterocycles. The van der Waals surface area contributed by atoms with Crippen molar-refractivity contribution < 1.29 is 9.66 Å². The standard InChI is InChI=1S/C14H14BrN3O3/c1-8(2)14-16-11(15)7-12(17-14)21-10-6-4-5-9(3)13(10)18(19)20/h4-8H,1-3H3. The van der Waals surface area contributed by atoms with Gasteiger partial charge >= 0.3 is 5.69 Å². The summed E-state index contributed by atoms with van der Waals surface area (Å²) in [4.78, 5) is 19.2. The van der Waals surface area contributed by atoms with E-state index in [4.69, 9.17) is 4.74 Å². The van der Waals surface area contributed by atoms with Crippen molar-refractivity contribution in [3.05, 3.63) is 50.4 Å². The SMILES string of the molecule is Cc1cccc(Oc2cc(Br)nc(C(C)C)n2)c1[N+](=O)[O-]. The smallest absolute Gasteiger partial charge is 0.314 e. The molecule has 0 saturated carbocycles. The van der Waals surface area contributed by atoms with Crippen molar-refractivity contribution in [2.75, 3.05) is 0 Å². The van der Waals surface area contributed by atoms with Gasteiger partial charge in [0.2, 0.25) is 11.6 Å². The predicted molar refractivity (Wildman–Crippen MR) is 81.7 cm³/mol. The summed E-state index contributed by atoms with van der Waals surface area (Å²) in [5.74, 6) is 1.17. The van der Waals surface area contributed by atoms with Crippen LogP contribution in [-0.2, 0) is 0 Å². The first-order valence-electron chi connectivity index (χ1n) is 6.35. The minimum atomic E-state index is -0.454. The van der Waals surface area contributed by atoms with Crippen molar-refractivity contribution in [1.29, 1.82) is 0 Å². The molecule has 2 rings (SSSR count). The molecule has 0 amide bonds. The quantitative estimate of drug-likeness (QED) is 0.464. The van der Waals surface area contributed by atoms with Gasteiger partial charge in [0.05, 0.1) is 4.92 Å². The average Bonchev–Trinajstić information content (AvgIpc) is 2.37. The molecule has 1 aromatic carbocycles. The van der Waals surface area contributed by atoms with Gasteiger partial charge in [0.25, 0.3) is 0 Å². The molecule has 0 N–H and O–H groups in total. The average molecular weight is 352 g/mol. The zero-order valence-corrected chi connectivity index (χ0v) is 13.4. The van der Waals surface area contributed by atoms with Gasteiger partial charge in [-0.25, -0.2) is 4.98 Å². The second kappa shape index (κ2) is 6.17. The molecule has 0 aliphatic heterocycles. The maximum Gasteiger partial charge on any atom is 0.314 e. The van der Waals surface area contributed by atoms with Gasteiger partial charge in [0.15, 0.2) is 0 Å². The lowest BCUT2D eigenvalue weighted by molar-refractivity contribution is -0.386. The molecule has 6 nitrogen and oxygen atoms in total. The Bertz CT molecular complexity index is 689. The molecule has 1 heterocycles. The molecule has 0 unspecified atom stereocenters. The summed E-state index contributed by atoms with van der Waals surface area (Å²) in [5.41, 5.74) is 0.480. The molecule has 0 bridgehead atoms. The number of aromatic nitrogens is 2. The summed E-state index contributed by atoms with van der Waals surface area (Å²) >= 11 is 3.29. The Hall–Kier alpha value is -2.02.